The number of carbonyl (C=O) groups is 3. The van der Waals surface area contributed by atoms with Crippen molar-refractivity contribution in [1.82, 2.24) is 14.8 Å². The number of piperazine rings is 1. The van der Waals surface area contributed by atoms with Crippen LogP contribution in [-0.2, 0) is 19.1 Å². The lowest BCUT2D eigenvalue weighted by molar-refractivity contribution is -0.155. The van der Waals surface area contributed by atoms with Gasteiger partial charge in [-0.3, -0.25) is 24.2 Å². The average Bonchev–Trinajstić information content (AvgIpc) is 3.58. The summed E-state index contributed by atoms with van der Waals surface area (Å²) < 4.78 is 7.11. The van der Waals surface area contributed by atoms with Gasteiger partial charge >= 0.3 is 5.97 Å². The Morgan fingerprint density at radius 2 is 1.40 bits per heavy atom. The molecule has 0 bridgehead atoms. The minimum Gasteiger partial charge on any atom is -0.459 e. The van der Waals surface area contributed by atoms with Crippen LogP contribution in [0.3, 0.4) is 0 Å². The maximum absolute atomic E-state index is 12.8. The second-order valence-corrected chi connectivity index (χ2v) is 13.3. The van der Waals surface area contributed by atoms with Crippen LogP contribution in [0.2, 0.25) is 0 Å². The van der Waals surface area contributed by atoms with E-state index in [0.717, 1.165) is 56.1 Å². The molecule has 2 fully saturated rings. The number of benzene rings is 1. The number of anilines is 1. The van der Waals surface area contributed by atoms with Gasteiger partial charge in [-0.15, -0.1) is 0 Å². The number of unbranched alkanes of at least 4 members (excludes halogenated alkanes) is 12. The number of imide groups is 1. The molecule has 3 heterocycles. The first kappa shape index (κ1) is 33.4. The van der Waals surface area contributed by atoms with Gasteiger partial charge in [-0.25, -0.2) is 4.98 Å². The van der Waals surface area contributed by atoms with Gasteiger partial charge in [-0.05, 0) is 18.6 Å². The largest absolute Gasteiger partial charge is 0.459 e. The zero-order valence-electron chi connectivity index (χ0n) is 26.3. The normalized spacial score (nSPS) is 16.9. The zero-order chi connectivity index (χ0) is 30.3. The van der Waals surface area contributed by atoms with Crippen LogP contribution in [-0.4, -0.2) is 77.9 Å². The van der Waals surface area contributed by atoms with E-state index in [1.54, 1.807) is 11.3 Å². The molecule has 2 aliphatic heterocycles. The molecule has 9 heteroatoms. The summed E-state index contributed by atoms with van der Waals surface area (Å²) in [5.41, 5.74) is 1.03. The van der Waals surface area contributed by atoms with Gasteiger partial charge in [0.1, 0.15) is 6.10 Å². The summed E-state index contributed by atoms with van der Waals surface area (Å²) >= 11 is 1.71. The molecule has 1 aromatic carbocycles. The Labute approximate surface area is 262 Å². The van der Waals surface area contributed by atoms with Crippen molar-refractivity contribution in [3.05, 3.63) is 24.3 Å². The quantitative estimate of drug-likeness (QED) is 0.0908. The number of amides is 2. The Morgan fingerprint density at radius 1 is 0.814 bits per heavy atom. The minimum absolute atomic E-state index is 0.153. The summed E-state index contributed by atoms with van der Waals surface area (Å²) in [6.45, 7) is 6.23. The van der Waals surface area contributed by atoms with Crippen LogP contribution in [0.1, 0.15) is 110 Å². The zero-order valence-corrected chi connectivity index (χ0v) is 27.1. The van der Waals surface area contributed by atoms with Gasteiger partial charge in [0.05, 0.1) is 16.8 Å². The average molecular weight is 613 g/mol. The van der Waals surface area contributed by atoms with Crippen LogP contribution >= 0.6 is 11.3 Å². The van der Waals surface area contributed by atoms with Crippen LogP contribution < -0.4 is 4.90 Å². The number of carbonyl (C=O) groups excluding carboxylic acids is 3. The predicted octanol–water partition coefficient (Wildman–Crippen LogP) is 6.96. The maximum atomic E-state index is 12.8. The van der Waals surface area contributed by atoms with Gasteiger partial charge < -0.3 is 9.64 Å². The summed E-state index contributed by atoms with van der Waals surface area (Å²) in [5.74, 6) is -0.549. The number of esters is 1. The van der Waals surface area contributed by atoms with Crippen LogP contribution in [0.15, 0.2) is 24.3 Å². The van der Waals surface area contributed by atoms with E-state index in [1.165, 1.54) is 73.8 Å². The first-order valence-corrected chi connectivity index (χ1v) is 17.7. The van der Waals surface area contributed by atoms with Gasteiger partial charge in [0.2, 0.25) is 11.8 Å². The molecule has 1 aromatic heterocycles. The van der Waals surface area contributed by atoms with E-state index in [-0.39, 0.29) is 37.2 Å². The predicted molar refractivity (Wildman–Crippen MR) is 174 cm³/mol. The number of ether oxygens (including phenoxy) is 1. The molecule has 0 radical (unpaired) electrons. The van der Waals surface area contributed by atoms with E-state index in [9.17, 15) is 14.4 Å². The Balaban J connectivity index is 1.15. The molecule has 8 nitrogen and oxygen atoms in total. The van der Waals surface area contributed by atoms with Crippen molar-refractivity contribution in [3.8, 4) is 0 Å². The van der Waals surface area contributed by atoms with E-state index >= 15 is 0 Å². The smallest absolute Gasteiger partial charge is 0.306 e. The lowest BCUT2D eigenvalue weighted by atomic mass is 10.0. The SMILES string of the molecule is CCCCCCCCCCCCCCCC(=O)OC(CN1CCN(c2nc3ccccc3s2)CC1)CN1C(=O)CCC1=O. The second kappa shape index (κ2) is 18.3. The summed E-state index contributed by atoms with van der Waals surface area (Å²) in [6, 6.07) is 8.20. The summed E-state index contributed by atoms with van der Waals surface area (Å²) in [4.78, 5) is 48.1. The molecule has 238 valence electrons. The lowest BCUT2D eigenvalue weighted by Gasteiger charge is -2.36. The summed E-state index contributed by atoms with van der Waals surface area (Å²) in [6.07, 6.45) is 16.8. The number of rotatable bonds is 20. The van der Waals surface area contributed by atoms with Gasteiger partial charge in [0, 0.05) is 52.0 Å². The third-order valence-electron chi connectivity index (χ3n) is 8.71. The third kappa shape index (κ3) is 11.2. The Kier molecular flexibility index (Phi) is 14.2. The lowest BCUT2D eigenvalue weighted by Crippen LogP contribution is -2.51. The second-order valence-electron chi connectivity index (χ2n) is 12.3. The van der Waals surface area contributed by atoms with Gasteiger partial charge in [-0.2, -0.15) is 0 Å². The molecule has 0 spiro atoms. The minimum atomic E-state index is -0.505. The molecule has 1 unspecified atom stereocenters. The number of likely N-dealkylation sites (tertiary alicyclic amines) is 1. The standard InChI is InChI=1S/C34H52N4O4S/c1-2-3-4-5-6-7-8-9-10-11-12-13-14-19-33(41)42-28(27-38-31(39)20-21-32(38)40)26-36-22-24-37(25-23-36)34-35-29-17-15-16-18-30(29)43-34/h15-18,28H,2-14,19-27H2,1H3. The van der Waals surface area contributed by atoms with Crippen molar-refractivity contribution >= 4 is 44.5 Å². The molecule has 1 atom stereocenters. The number of nitrogens with zero attached hydrogens (tertiary/aromatic N) is 4. The van der Waals surface area contributed by atoms with Crippen LogP contribution in [0.4, 0.5) is 5.13 Å². The van der Waals surface area contributed by atoms with Crippen LogP contribution in [0, 0.1) is 0 Å². The molecule has 2 aromatic rings. The van der Waals surface area contributed by atoms with Crippen molar-refractivity contribution in [2.24, 2.45) is 0 Å². The van der Waals surface area contributed by atoms with E-state index < -0.39 is 6.10 Å². The first-order valence-electron chi connectivity index (χ1n) is 16.9. The fourth-order valence-corrected chi connectivity index (χ4v) is 7.12. The number of hydrogen-bond acceptors (Lipinski definition) is 8. The van der Waals surface area contributed by atoms with Crippen molar-refractivity contribution in [3.63, 3.8) is 0 Å². The molecular formula is C34H52N4O4S. The van der Waals surface area contributed by atoms with Crippen molar-refractivity contribution in [2.45, 2.75) is 116 Å². The molecule has 4 rings (SSSR count). The molecule has 43 heavy (non-hydrogen) atoms. The van der Waals surface area contributed by atoms with Crippen molar-refractivity contribution < 1.29 is 19.1 Å². The van der Waals surface area contributed by atoms with Gasteiger partial charge in [0.25, 0.3) is 0 Å². The highest BCUT2D eigenvalue weighted by Crippen LogP contribution is 2.29. The number of thiazole rings is 1. The highest BCUT2D eigenvalue weighted by Gasteiger charge is 2.33. The van der Waals surface area contributed by atoms with E-state index in [0.29, 0.717) is 13.0 Å². The highest BCUT2D eigenvalue weighted by molar-refractivity contribution is 7.22. The molecule has 2 aliphatic rings. The van der Waals surface area contributed by atoms with Gasteiger partial charge in [0.15, 0.2) is 5.13 Å². The van der Waals surface area contributed by atoms with E-state index in [4.69, 9.17) is 9.72 Å². The molecule has 0 N–H and O–H groups in total. The molecule has 2 saturated heterocycles. The topological polar surface area (TPSA) is 83.1 Å². The molecule has 0 saturated carbocycles. The summed E-state index contributed by atoms with van der Waals surface area (Å²) in [7, 11) is 0. The number of fused-ring (bicyclic) bond motifs is 1. The van der Waals surface area contributed by atoms with Crippen LogP contribution in [0.5, 0.6) is 0 Å². The Hall–Kier alpha value is -2.52. The first-order chi connectivity index (χ1) is 21.0. The van der Waals surface area contributed by atoms with E-state index in [2.05, 4.69) is 22.8 Å². The number of hydrogen-bond donors (Lipinski definition) is 0. The molecular weight excluding hydrogens is 560 g/mol. The number of para-hydroxylation sites is 1. The van der Waals surface area contributed by atoms with E-state index in [1.807, 2.05) is 18.2 Å². The fourth-order valence-electron chi connectivity index (χ4n) is 6.10. The fraction of sp³-hybridized carbons (Fsp3) is 0.706. The summed E-state index contributed by atoms with van der Waals surface area (Å²) in [5, 5.41) is 1.04. The molecule has 2 amide bonds. The maximum Gasteiger partial charge on any atom is 0.306 e. The Bertz CT molecular complexity index is 1100. The van der Waals surface area contributed by atoms with Gasteiger partial charge in [-0.1, -0.05) is 107 Å². The van der Waals surface area contributed by atoms with Crippen molar-refractivity contribution in [1.29, 1.82) is 0 Å². The van der Waals surface area contributed by atoms with Crippen LogP contribution in [0.25, 0.3) is 10.2 Å². The third-order valence-corrected chi connectivity index (χ3v) is 9.81. The number of aromatic nitrogens is 1. The van der Waals surface area contributed by atoms with Crippen molar-refractivity contribution in [2.75, 3.05) is 44.2 Å². The monoisotopic (exact) mass is 612 g/mol. The molecule has 0 aliphatic carbocycles. The highest BCUT2D eigenvalue weighted by atomic mass is 32.1. The Morgan fingerprint density at radius 3 is 2.00 bits per heavy atom.